The third kappa shape index (κ3) is 4.88. The van der Waals surface area contributed by atoms with Crippen LogP contribution in [0, 0.1) is 5.92 Å². The van der Waals surface area contributed by atoms with Gasteiger partial charge in [0, 0.05) is 36.7 Å². The largest absolute Gasteiger partial charge is 0.368 e. The Balaban J connectivity index is 1.17. The van der Waals surface area contributed by atoms with Gasteiger partial charge in [-0.05, 0) is 63.2 Å². The lowest BCUT2D eigenvalue weighted by Gasteiger charge is -2.28. The van der Waals surface area contributed by atoms with E-state index in [2.05, 4.69) is 45.7 Å². The van der Waals surface area contributed by atoms with Crippen LogP contribution in [-0.4, -0.2) is 67.2 Å². The number of nitrogens with zero attached hydrogens (tertiary/aromatic N) is 6. The first kappa shape index (κ1) is 24.6. The van der Waals surface area contributed by atoms with E-state index in [0.29, 0.717) is 23.9 Å². The van der Waals surface area contributed by atoms with E-state index in [1.54, 1.807) is 18.6 Å². The lowest BCUT2D eigenvalue weighted by atomic mass is 9.94. The van der Waals surface area contributed by atoms with E-state index < -0.39 is 0 Å². The van der Waals surface area contributed by atoms with Gasteiger partial charge in [-0.15, -0.1) is 0 Å². The van der Waals surface area contributed by atoms with Gasteiger partial charge >= 0.3 is 0 Å². The van der Waals surface area contributed by atoms with Gasteiger partial charge in [0.15, 0.2) is 5.82 Å². The van der Waals surface area contributed by atoms with Gasteiger partial charge < -0.3 is 20.5 Å². The Bertz CT molecular complexity index is 1660. The molecule has 5 aromatic rings. The maximum atomic E-state index is 12.7. The number of piperidine rings is 2. The van der Waals surface area contributed by atoms with Gasteiger partial charge in [-0.25, -0.2) is 4.98 Å². The highest BCUT2D eigenvalue weighted by Crippen LogP contribution is 2.32. The Kier molecular flexibility index (Phi) is 6.56. The van der Waals surface area contributed by atoms with Crippen molar-refractivity contribution < 1.29 is 4.79 Å². The van der Waals surface area contributed by atoms with Crippen molar-refractivity contribution in [1.29, 1.82) is 0 Å². The zero-order chi connectivity index (χ0) is 26.9. The van der Waals surface area contributed by atoms with E-state index in [9.17, 15) is 4.79 Å². The summed E-state index contributed by atoms with van der Waals surface area (Å²) in [6, 6.07) is 3.90. The van der Waals surface area contributed by atoms with E-state index in [0.717, 1.165) is 83.6 Å². The molecule has 0 radical (unpaired) electrons. The molecule has 0 aromatic carbocycles. The minimum Gasteiger partial charge on any atom is -0.368 e. The molecule has 2 aliphatic rings. The highest BCUT2D eigenvalue weighted by atomic mass is 16.1. The zero-order valence-electron chi connectivity index (χ0n) is 22.3. The van der Waals surface area contributed by atoms with Crippen LogP contribution < -0.4 is 15.5 Å². The number of imidazole rings is 1. The van der Waals surface area contributed by atoms with Crippen LogP contribution >= 0.6 is 0 Å². The monoisotopic (exact) mass is 536 g/mol. The van der Waals surface area contributed by atoms with Gasteiger partial charge in [0.05, 0.1) is 52.9 Å². The lowest BCUT2D eigenvalue weighted by Crippen LogP contribution is -2.30. The first-order chi connectivity index (χ1) is 19.7. The fraction of sp³-hybridized carbons (Fsp3) is 0.379. The van der Waals surface area contributed by atoms with E-state index in [-0.39, 0.29) is 5.91 Å². The molecule has 40 heavy (non-hydrogen) atoms. The van der Waals surface area contributed by atoms with Crippen LogP contribution in [0.5, 0.6) is 0 Å². The summed E-state index contributed by atoms with van der Waals surface area (Å²) in [4.78, 5) is 36.9. The van der Waals surface area contributed by atoms with Crippen molar-refractivity contribution >= 4 is 39.2 Å². The summed E-state index contributed by atoms with van der Waals surface area (Å²) in [6.45, 7) is 4.00. The molecule has 204 valence electrons. The van der Waals surface area contributed by atoms with Crippen molar-refractivity contribution in [3.05, 3.63) is 43.1 Å². The summed E-state index contributed by atoms with van der Waals surface area (Å²) in [6.07, 6.45) is 15.2. The molecular formula is C29H32N10O. The highest BCUT2D eigenvalue weighted by Gasteiger charge is 2.20. The first-order valence-corrected chi connectivity index (χ1v) is 14.1. The third-order valence-corrected chi connectivity index (χ3v) is 7.99. The Morgan fingerprint density at radius 3 is 2.70 bits per heavy atom. The molecule has 2 aliphatic heterocycles. The smallest absolute Gasteiger partial charge is 0.224 e. The number of hydrogen-bond acceptors (Lipinski definition) is 8. The average Bonchev–Trinajstić information content (AvgIpc) is 3.62. The Morgan fingerprint density at radius 2 is 1.82 bits per heavy atom. The number of aromatic amines is 2. The van der Waals surface area contributed by atoms with E-state index in [1.165, 1.54) is 19.3 Å². The van der Waals surface area contributed by atoms with Gasteiger partial charge in [0.2, 0.25) is 5.91 Å². The van der Waals surface area contributed by atoms with Crippen LogP contribution in [0.3, 0.4) is 0 Å². The molecular weight excluding hydrogens is 504 g/mol. The third-order valence-electron chi connectivity index (χ3n) is 7.99. The summed E-state index contributed by atoms with van der Waals surface area (Å²) in [5.41, 5.74) is 6.62. The number of H-pyrrole nitrogens is 2. The van der Waals surface area contributed by atoms with Gasteiger partial charge in [-0.3, -0.25) is 24.8 Å². The molecule has 0 unspecified atom stereocenters. The summed E-state index contributed by atoms with van der Waals surface area (Å²) < 4.78 is 0. The number of carbonyl (C=O) groups excluding carboxylic acids is 1. The minimum absolute atomic E-state index is 0.0229. The Labute approximate surface area is 231 Å². The molecule has 7 heterocycles. The van der Waals surface area contributed by atoms with Crippen molar-refractivity contribution in [2.75, 3.05) is 36.4 Å². The highest BCUT2D eigenvalue weighted by molar-refractivity contribution is 5.97. The number of carbonyl (C=O) groups is 1. The van der Waals surface area contributed by atoms with Crippen LogP contribution in [0.1, 0.15) is 38.5 Å². The number of rotatable bonds is 6. The Morgan fingerprint density at radius 1 is 0.975 bits per heavy atom. The van der Waals surface area contributed by atoms with Crippen LogP contribution in [0.25, 0.3) is 44.7 Å². The molecule has 4 N–H and O–H groups in total. The van der Waals surface area contributed by atoms with Gasteiger partial charge in [0.1, 0.15) is 11.2 Å². The van der Waals surface area contributed by atoms with E-state index in [1.807, 2.05) is 24.5 Å². The lowest BCUT2D eigenvalue weighted by molar-refractivity contribution is -0.117. The number of pyridine rings is 3. The number of nitrogens with one attached hydrogen (secondary N) is 4. The molecule has 1 amide bonds. The summed E-state index contributed by atoms with van der Waals surface area (Å²) >= 11 is 0. The normalized spacial score (nSPS) is 16.6. The molecule has 2 saturated heterocycles. The average molecular weight is 537 g/mol. The SMILES string of the molecule is O=C(CC1CCNCC1)Nc1cncc(-c2cc3c(-c4nc5c(N6CCCCC6)cncc5[nH]4)n[nH]c3cn2)c1. The predicted molar refractivity (Wildman–Crippen MR) is 155 cm³/mol. The van der Waals surface area contributed by atoms with Gasteiger partial charge in [0.25, 0.3) is 0 Å². The molecule has 2 fully saturated rings. The minimum atomic E-state index is 0.0229. The van der Waals surface area contributed by atoms with Crippen molar-refractivity contribution in [2.45, 2.75) is 38.5 Å². The second-order valence-electron chi connectivity index (χ2n) is 10.8. The van der Waals surface area contributed by atoms with Gasteiger partial charge in [-0.1, -0.05) is 0 Å². The van der Waals surface area contributed by atoms with Gasteiger partial charge in [-0.2, -0.15) is 5.10 Å². The molecule has 11 nitrogen and oxygen atoms in total. The van der Waals surface area contributed by atoms with Crippen LogP contribution in [0.4, 0.5) is 11.4 Å². The Hall–Kier alpha value is -4.38. The quantitative estimate of drug-likeness (QED) is 0.252. The topological polar surface area (TPSA) is 140 Å². The van der Waals surface area contributed by atoms with Crippen LogP contribution in [0.2, 0.25) is 0 Å². The number of hydrogen-bond donors (Lipinski definition) is 4. The second-order valence-corrected chi connectivity index (χ2v) is 10.8. The standard InChI is InChI=1S/C29H32N10O/c40-26(10-18-4-6-30-7-5-18)34-20-11-19(13-31-14-20)22-12-21-23(16-33-22)37-38-27(21)29-35-24-15-32-17-25(28(24)36-29)39-8-2-1-3-9-39/h11-18,30H,1-10H2,(H,34,40)(H,35,36)(H,37,38). The maximum Gasteiger partial charge on any atom is 0.224 e. The number of fused-ring (bicyclic) bond motifs is 2. The summed E-state index contributed by atoms with van der Waals surface area (Å²) in [5, 5.41) is 14.9. The van der Waals surface area contributed by atoms with Crippen molar-refractivity contribution in [3.63, 3.8) is 0 Å². The summed E-state index contributed by atoms with van der Waals surface area (Å²) in [5.74, 6) is 1.13. The number of aromatic nitrogens is 7. The molecule has 7 rings (SSSR count). The number of amides is 1. The van der Waals surface area contributed by atoms with Crippen molar-refractivity contribution in [3.8, 4) is 22.8 Å². The molecule has 0 atom stereocenters. The van der Waals surface area contributed by atoms with E-state index >= 15 is 0 Å². The molecule has 0 spiro atoms. The molecule has 0 saturated carbocycles. The fourth-order valence-corrected chi connectivity index (χ4v) is 5.86. The summed E-state index contributed by atoms with van der Waals surface area (Å²) in [7, 11) is 0. The van der Waals surface area contributed by atoms with E-state index in [4.69, 9.17) is 4.98 Å². The molecule has 5 aromatic heterocycles. The van der Waals surface area contributed by atoms with Crippen molar-refractivity contribution in [2.24, 2.45) is 5.92 Å². The predicted octanol–water partition coefficient (Wildman–Crippen LogP) is 4.28. The van der Waals surface area contributed by atoms with Crippen LogP contribution in [-0.2, 0) is 4.79 Å². The maximum absolute atomic E-state index is 12.7. The molecule has 0 bridgehead atoms. The fourth-order valence-electron chi connectivity index (χ4n) is 5.86. The number of anilines is 2. The second kappa shape index (κ2) is 10.6. The first-order valence-electron chi connectivity index (χ1n) is 14.1. The zero-order valence-corrected chi connectivity index (χ0v) is 22.3. The van der Waals surface area contributed by atoms with Crippen molar-refractivity contribution in [1.82, 2.24) is 40.4 Å². The molecule has 0 aliphatic carbocycles. The molecule has 11 heteroatoms. The van der Waals surface area contributed by atoms with Crippen LogP contribution in [0.15, 0.2) is 43.1 Å².